The normalized spacial score (nSPS) is 12.1. The van der Waals surface area contributed by atoms with Gasteiger partial charge in [0.15, 0.2) is 0 Å². The van der Waals surface area contributed by atoms with Crippen LogP contribution in [0.3, 0.4) is 0 Å². The summed E-state index contributed by atoms with van der Waals surface area (Å²) in [5, 5.41) is 15.5. The molecule has 29 heavy (non-hydrogen) atoms. The van der Waals surface area contributed by atoms with E-state index < -0.39 is 12.0 Å². The molecule has 0 saturated heterocycles. The summed E-state index contributed by atoms with van der Waals surface area (Å²) in [6, 6.07) is 20.8. The molecule has 146 valence electrons. The average molecular weight is 386 g/mol. The summed E-state index contributed by atoms with van der Waals surface area (Å²) >= 11 is 0. The lowest BCUT2D eigenvalue weighted by Crippen LogP contribution is -2.42. The smallest absolute Gasteiger partial charge is 0.326 e. The molecule has 0 saturated carbocycles. The standard InChI is InChI=1S/C24H22N2O3/c27-23(12-11-19-15-25-21-8-4-3-7-20(19)21)26-22(24(28)29)14-16-9-10-17-5-1-2-6-18(17)13-16/h1-10,13,15,22,25H,11-12,14H2,(H,26,27)(H,28,29). The number of aromatic amines is 1. The largest absolute Gasteiger partial charge is 0.480 e. The first kappa shape index (κ1) is 18.7. The van der Waals surface area contributed by atoms with E-state index in [0.29, 0.717) is 6.42 Å². The molecule has 0 aliphatic rings. The number of carbonyl (C=O) groups excluding carboxylic acids is 1. The van der Waals surface area contributed by atoms with Crippen LogP contribution in [0.2, 0.25) is 0 Å². The summed E-state index contributed by atoms with van der Waals surface area (Å²) in [6.07, 6.45) is 2.95. The van der Waals surface area contributed by atoms with E-state index in [1.807, 2.05) is 72.9 Å². The van der Waals surface area contributed by atoms with Crippen LogP contribution in [0.1, 0.15) is 17.5 Å². The van der Waals surface area contributed by atoms with Crippen LogP contribution in [-0.4, -0.2) is 28.0 Å². The van der Waals surface area contributed by atoms with Gasteiger partial charge in [-0.25, -0.2) is 4.79 Å². The highest BCUT2D eigenvalue weighted by Gasteiger charge is 2.20. The maximum Gasteiger partial charge on any atom is 0.326 e. The molecule has 1 amide bonds. The average Bonchev–Trinajstić information content (AvgIpc) is 3.15. The number of para-hydroxylation sites is 1. The summed E-state index contributed by atoms with van der Waals surface area (Å²) in [7, 11) is 0. The van der Waals surface area contributed by atoms with Gasteiger partial charge < -0.3 is 15.4 Å². The first-order valence-electron chi connectivity index (χ1n) is 9.65. The molecule has 0 radical (unpaired) electrons. The van der Waals surface area contributed by atoms with Crippen LogP contribution in [0.5, 0.6) is 0 Å². The van der Waals surface area contributed by atoms with Crippen molar-refractivity contribution in [2.24, 2.45) is 0 Å². The Bertz CT molecular complexity index is 1180. The van der Waals surface area contributed by atoms with Gasteiger partial charge in [-0.2, -0.15) is 0 Å². The summed E-state index contributed by atoms with van der Waals surface area (Å²) in [5.74, 6) is -1.29. The van der Waals surface area contributed by atoms with Crippen LogP contribution in [0.25, 0.3) is 21.7 Å². The number of carboxylic acids is 1. The number of nitrogens with one attached hydrogen (secondary N) is 2. The van der Waals surface area contributed by atoms with E-state index in [4.69, 9.17) is 0 Å². The molecule has 5 heteroatoms. The number of benzene rings is 3. The van der Waals surface area contributed by atoms with E-state index >= 15 is 0 Å². The number of hydrogen-bond acceptors (Lipinski definition) is 2. The van der Waals surface area contributed by atoms with Crippen molar-refractivity contribution < 1.29 is 14.7 Å². The molecule has 0 aliphatic carbocycles. The second-order valence-electron chi connectivity index (χ2n) is 7.20. The van der Waals surface area contributed by atoms with Gasteiger partial charge in [0.2, 0.25) is 5.91 Å². The van der Waals surface area contributed by atoms with Gasteiger partial charge in [-0.05, 0) is 34.4 Å². The van der Waals surface area contributed by atoms with Crippen LogP contribution in [0, 0.1) is 0 Å². The van der Waals surface area contributed by atoms with Gasteiger partial charge in [0.25, 0.3) is 0 Å². The van der Waals surface area contributed by atoms with Crippen molar-refractivity contribution in [2.45, 2.75) is 25.3 Å². The molecule has 1 atom stereocenters. The molecule has 0 aliphatic heterocycles. The van der Waals surface area contributed by atoms with Gasteiger partial charge in [0, 0.05) is 29.9 Å². The topological polar surface area (TPSA) is 82.2 Å². The summed E-state index contributed by atoms with van der Waals surface area (Å²) in [4.78, 5) is 27.3. The Morgan fingerprint density at radius 2 is 1.72 bits per heavy atom. The minimum atomic E-state index is -1.03. The van der Waals surface area contributed by atoms with E-state index in [2.05, 4.69) is 10.3 Å². The molecule has 1 heterocycles. The third kappa shape index (κ3) is 4.29. The highest BCUT2D eigenvalue weighted by atomic mass is 16.4. The van der Waals surface area contributed by atoms with Crippen LogP contribution >= 0.6 is 0 Å². The molecular formula is C24H22N2O3. The number of rotatable bonds is 7. The van der Waals surface area contributed by atoms with Gasteiger partial charge in [-0.1, -0.05) is 60.7 Å². The van der Waals surface area contributed by atoms with Crippen molar-refractivity contribution in [3.63, 3.8) is 0 Å². The lowest BCUT2D eigenvalue weighted by Gasteiger charge is -2.15. The van der Waals surface area contributed by atoms with Crippen molar-refractivity contribution >= 4 is 33.6 Å². The van der Waals surface area contributed by atoms with E-state index in [0.717, 1.165) is 32.8 Å². The second kappa shape index (κ2) is 8.19. The molecule has 4 aromatic rings. The van der Waals surface area contributed by atoms with Gasteiger partial charge >= 0.3 is 5.97 Å². The molecule has 3 aromatic carbocycles. The maximum absolute atomic E-state index is 12.4. The Labute approximate surface area is 168 Å². The Morgan fingerprint density at radius 3 is 2.55 bits per heavy atom. The zero-order chi connectivity index (χ0) is 20.2. The Kier molecular flexibility index (Phi) is 5.29. The predicted octanol–water partition coefficient (Wildman–Crippen LogP) is 4.07. The molecule has 1 aromatic heterocycles. The number of amides is 1. The van der Waals surface area contributed by atoms with Crippen LogP contribution < -0.4 is 5.32 Å². The number of aryl methyl sites for hydroxylation is 1. The molecule has 3 N–H and O–H groups in total. The fraction of sp³-hybridized carbons (Fsp3) is 0.167. The van der Waals surface area contributed by atoms with Gasteiger partial charge in [-0.15, -0.1) is 0 Å². The number of carbonyl (C=O) groups is 2. The first-order valence-corrected chi connectivity index (χ1v) is 9.65. The van der Waals surface area contributed by atoms with Crippen molar-refractivity contribution in [1.29, 1.82) is 0 Å². The highest BCUT2D eigenvalue weighted by molar-refractivity contribution is 5.87. The van der Waals surface area contributed by atoms with E-state index in [9.17, 15) is 14.7 Å². The monoisotopic (exact) mass is 386 g/mol. The quantitative estimate of drug-likeness (QED) is 0.448. The number of aromatic nitrogens is 1. The lowest BCUT2D eigenvalue weighted by atomic mass is 10.0. The van der Waals surface area contributed by atoms with Gasteiger partial charge in [-0.3, -0.25) is 4.79 Å². The number of carboxylic acid groups (broad SMARTS) is 1. The number of hydrogen-bond donors (Lipinski definition) is 3. The third-order valence-corrected chi connectivity index (χ3v) is 5.18. The molecule has 1 unspecified atom stereocenters. The summed E-state index contributed by atoms with van der Waals surface area (Å²) in [6.45, 7) is 0. The molecule has 0 bridgehead atoms. The Hall–Kier alpha value is -3.60. The SMILES string of the molecule is O=C(CCc1c[nH]c2ccccc12)NC(Cc1ccc2ccccc2c1)C(=O)O. The summed E-state index contributed by atoms with van der Waals surface area (Å²) < 4.78 is 0. The molecular weight excluding hydrogens is 364 g/mol. The zero-order valence-corrected chi connectivity index (χ0v) is 15.9. The number of fused-ring (bicyclic) bond motifs is 2. The number of aliphatic carboxylic acids is 1. The maximum atomic E-state index is 12.4. The van der Waals surface area contributed by atoms with Crippen molar-refractivity contribution in [3.8, 4) is 0 Å². The fourth-order valence-corrected chi connectivity index (χ4v) is 3.65. The second-order valence-corrected chi connectivity index (χ2v) is 7.20. The van der Waals surface area contributed by atoms with E-state index in [1.165, 1.54) is 0 Å². The van der Waals surface area contributed by atoms with E-state index in [1.54, 1.807) is 0 Å². The molecule has 4 rings (SSSR count). The van der Waals surface area contributed by atoms with Crippen LogP contribution in [-0.2, 0) is 22.4 Å². The highest BCUT2D eigenvalue weighted by Crippen LogP contribution is 2.19. The molecule has 5 nitrogen and oxygen atoms in total. The third-order valence-electron chi connectivity index (χ3n) is 5.18. The Morgan fingerprint density at radius 1 is 0.966 bits per heavy atom. The van der Waals surface area contributed by atoms with Gasteiger partial charge in [0.1, 0.15) is 6.04 Å². The molecule has 0 fully saturated rings. The first-order chi connectivity index (χ1) is 14.1. The van der Waals surface area contributed by atoms with Gasteiger partial charge in [0.05, 0.1) is 0 Å². The predicted molar refractivity (Wildman–Crippen MR) is 114 cm³/mol. The van der Waals surface area contributed by atoms with Crippen molar-refractivity contribution in [3.05, 3.63) is 84.1 Å². The zero-order valence-electron chi connectivity index (χ0n) is 15.9. The Balaban J connectivity index is 1.40. The minimum absolute atomic E-state index is 0.239. The van der Waals surface area contributed by atoms with Crippen LogP contribution in [0.15, 0.2) is 72.9 Å². The lowest BCUT2D eigenvalue weighted by molar-refractivity contribution is -0.141. The minimum Gasteiger partial charge on any atom is -0.480 e. The molecule has 0 spiro atoms. The van der Waals surface area contributed by atoms with Crippen molar-refractivity contribution in [1.82, 2.24) is 10.3 Å². The fourth-order valence-electron chi connectivity index (χ4n) is 3.65. The van der Waals surface area contributed by atoms with Crippen LogP contribution in [0.4, 0.5) is 0 Å². The van der Waals surface area contributed by atoms with Crippen molar-refractivity contribution in [2.75, 3.05) is 0 Å². The summed E-state index contributed by atoms with van der Waals surface area (Å²) in [5.41, 5.74) is 2.97. The van der Waals surface area contributed by atoms with E-state index in [-0.39, 0.29) is 18.7 Å². The number of H-pyrrole nitrogens is 1.